The van der Waals surface area contributed by atoms with Crippen LogP contribution in [0.15, 0.2) is 18.2 Å². The Labute approximate surface area is 129 Å². The van der Waals surface area contributed by atoms with E-state index in [1.165, 1.54) is 12.1 Å². The number of nitrogens with zero attached hydrogens (tertiary/aromatic N) is 1. The molecular weight excluding hydrogens is 321 g/mol. The molecule has 0 spiro atoms. The summed E-state index contributed by atoms with van der Waals surface area (Å²) >= 11 is 0. The van der Waals surface area contributed by atoms with Crippen LogP contribution in [0.5, 0.6) is 0 Å². The van der Waals surface area contributed by atoms with Crippen LogP contribution in [0.25, 0.3) is 0 Å². The average molecular weight is 338 g/mol. The second-order valence-electron chi connectivity index (χ2n) is 4.49. The lowest BCUT2D eigenvalue weighted by Crippen LogP contribution is -2.27. The zero-order chi connectivity index (χ0) is 14.8. The Kier molecular flexibility index (Phi) is 5.94. The number of anilines is 2. The van der Waals surface area contributed by atoms with Gasteiger partial charge in [-0.25, -0.2) is 12.8 Å². The largest absolute Gasteiger partial charge is 0.325 e. The summed E-state index contributed by atoms with van der Waals surface area (Å²) in [7, 11) is -1.82. The summed E-state index contributed by atoms with van der Waals surface area (Å²) in [5, 5.41) is 5.26. The van der Waals surface area contributed by atoms with E-state index in [1.54, 1.807) is 7.05 Å². The Bertz CT molecular complexity index is 624. The summed E-state index contributed by atoms with van der Waals surface area (Å²) in [4.78, 5) is 11.5. The molecule has 1 fully saturated rings. The minimum Gasteiger partial charge on any atom is -0.325 e. The van der Waals surface area contributed by atoms with Gasteiger partial charge < -0.3 is 10.6 Å². The quantitative estimate of drug-likeness (QED) is 0.857. The van der Waals surface area contributed by atoms with Crippen molar-refractivity contribution in [2.75, 3.05) is 35.5 Å². The van der Waals surface area contributed by atoms with Crippen molar-refractivity contribution in [3.63, 3.8) is 0 Å². The van der Waals surface area contributed by atoms with Crippen LogP contribution >= 0.6 is 12.4 Å². The maximum atomic E-state index is 13.8. The van der Waals surface area contributed by atoms with Gasteiger partial charge in [0.1, 0.15) is 5.82 Å². The Morgan fingerprint density at radius 3 is 2.71 bits per heavy atom. The molecule has 1 aromatic rings. The number of amides is 1. The van der Waals surface area contributed by atoms with Crippen LogP contribution in [0, 0.1) is 5.82 Å². The standard InChI is InChI=1S/C12H16FN3O3S.ClH/c1-14-8-12(17)15-9-3-4-10(13)11(7-9)16-5-2-6-20(16,18)19;/h3-4,7,14H,2,5-6,8H2,1H3,(H,15,17);1H. The van der Waals surface area contributed by atoms with Gasteiger partial charge in [0.2, 0.25) is 15.9 Å². The van der Waals surface area contributed by atoms with Crippen molar-refractivity contribution in [3.8, 4) is 0 Å². The van der Waals surface area contributed by atoms with Crippen LogP contribution in [0.1, 0.15) is 6.42 Å². The van der Waals surface area contributed by atoms with Gasteiger partial charge in [0.15, 0.2) is 0 Å². The highest BCUT2D eigenvalue weighted by Crippen LogP contribution is 2.29. The highest BCUT2D eigenvalue weighted by atomic mass is 35.5. The lowest BCUT2D eigenvalue weighted by atomic mass is 10.2. The number of carbonyl (C=O) groups excluding carboxylic acids is 1. The van der Waals surface area contributed by atoms with Gasteiger partial charge in [0.25, 0.3) is 0 Å². The molecule has 1 aliphatic heterocycles. The summed E-state index contributed by atoms with van der Waals surface area (Å²) in [5.74, 6) is -0.889. The van der Waals surface area contributed by atoms with Gasteiger partial charge in [-0.1, -0.05) is 0 Å². The molecule has 1 amide bonds. The van der Waals surface area contributed by atoms with Crippen LogP contribution in [0.4, 0.5) is 15.8 Å². The molecule has 0 atom stereocenters. The molecule has 1 saturated heterocycles. The van der Waals surface area contributed by atoms with Crippen molar-refractivity contribution >= 4 is 39.7 Å². The number of hydrogen-bond donors (Lipinski definition) is 2. The first-order chi connectivity index (χ1) is 9.44. The topological polar surface area (TPSA) is 78.5 Å². The van der Waals surface area contributed by atoms with Gasteiger partial charge in [-0.15, -0.1) is 12.4 Å². The molecular formula is C12H17ClFN3O3S. The minimum atomic E-state index is -3.45. The van der Waals surface area contributed by atoms with Crippen molar-refractivity contribution in [2.24, 2.45) is 0 Å². The predicted molar refractivity (Wildman–Crippen MR) is 82.0 cm³/mol. The van der Waals surface area contributed by atoms with Gasteiger partial charge in [-0.3, -0.25) is 9.10 Å². The number of likely N-dealkylation sites (N-methyl/N-ethyl adjacent to an activating group) is 1. The van der Waals surface area contributed by atoms with Crippen LogP contribution in [0.2, 0.25) is 0 Å². The predicted octanol–water partition coefficient (Wildman–Crippen LogP) is 0.945. The number of carbonyl (C=O) groups is 1. The highest BCUT2D eigenvalue weighted by molar-refractivity contribution is 7.93. The normalized spacial score (nSPS) is 16.4. The molecule has 1 heterocycles. The van der Waals surface area contributed by atoms with Crippen molar-refractivity contribution in [3.05, 3.63) is 24.0 Å². The summed E-state index contributed by atoms with van der Waals surface area (Å²) < 4.78 is 38.5. The van der Waals surface area contributed by atoms with E-state index >= 15 is 0 Å². The molecule has 0 aromatic heterocycles. The molecule has 0 bridgehead atoms. The number of rotatable bonds is 4. The van der Waals surface area contributed by atoms with Gasteiger partial charge in [0, 0.05) is 12.2 Å². The number of benzene rings is 1. The third-order valence-corrected chi connectivity index (χ3v) is 4.79. The zero-order valence-corrected chi connectivity index (χ0v) is 13.1. The Morgan fingerprint density at radius 2 is 2.14 bits per heavy atom. The molecule has 0 unspecified atom stereocenters. The number of halogens is 2. The van der Waals surface area contributed by atoms with E-state index in [0.717, 1.165) is 10.4 Å². The summed E-state index contributed by atoms with van der Waals surface area (Å²) in [6.45, 7) is 0.377. The maximum absolute atomic E-state index is 13.8. The molecule has 6 nitrogen and oxygen atoms in total. The zero-order valence-electron chi connectivity index (χ0n) is 11.4. The summed E-state index contributed by atoms with van der Waals surface area (Å²) in [6, 6.07) is 3.89. The SMILES string of the molecule is CNCC(=O)Nc1ccc(F)c(N2CCCS2(=O)=O)c1.Cl. The Balaban J connectivity index is 0.00000220. The molecule has 118 valence electrons. The van der Waals surface area contributed by atoms with Crippen molar-refractivity contribution in [1.29, 1.82) is 0 Å². The average Bonchev–Trinajstić information content (AvgIpc) is 2.72. The van der Waals surface area contributed by atoms with Crippen molar-refractivity contribution in [1.82, 2.24) is 5.32 Å². The fourth-order valence-corrected chi connectivity index (χ4v) is 3.62. The number of hydrogen-bond acceptors (Lipinski definition) is 4. The molecule has 2 rings (SSSR count). The lowest BCUT2D eigenvalue weighted by Gasteiger charge is -2.18. The lowest BCUT2D eigenvalue weighted by molar-refractivity contribution is -0.115. The first-order valence-corrected chi connectivity index (χ1v) is 7.79. The van der Waals surface area contributed by atoms with Gasteiger partial charge >= 0.3 is 0 Å². The monoisotopic (exact) mass is 337 g/mol. The third kappa shape index (κ3) is 4.05. The minimum absolute atomic E-state index is 0. The van der Waals surface area contributed by atoms with Gasteiger partial charge in [-0.2, -0.15) is 0 Å². The Hall–Kier alpha value is -1.38. The summed E-state index contributed by atoms with van der Waals surface area (Å²) in [6.07, 6.45) is 0.470. The van der Waals surface area contributed by atoms with Gasteiger partial charge in [0.05, 0.1) is 18.0 Å². The number of sulfonamides is 1. The van der Waals surface area contributed by atoms with E-state index in [-0.39, 0.29) is 42.8 Å². The van der Waals surface area contributed by atoms with Crippen LogP contribution in [-0.4, -0.2) is 40.2 Å². The molecule has 2 N–H and O–H groups in total. The smallest absolute Gasteiger partial charge is 0.238 e. The molecule has 1 aromatic carbocycles. The van der Waals surface area contributed by atoms with E-state index in [9.17, 15) is 17.6 Å². The third-order valence-electron chi connectivity index (χ3n) is 2.94. The molecule has 0 radical (unpaired) electrons. The van der Waals surface area contributed by atoms with Crippen molar-refractivity contribution < 1.29 is 17.6 Å². The van der Waals surface area contributed by atoms with Crippen LogP contribution < -0.4 is 14.9 Å². The van der Waals surface area contributed by atoms with E-state index in [1.807, 2.05) is 0 Å². The second-order valence-corrected chi connectivity index (χ2v) is 6.50. The molecule has 1 aliphatic rings. The summed E-state index contributed by atoms with van der Waals surface area (Å²) in [5.41, 5.74) is 0.341. The van der Waals surface area contributed by atoms with E-state index in [0.29, 0.717) is 12.1 Å². The molecule has 0 aliphatic carbocycles. The van der Waals surface area contributed by atoms with E-state index in [4.69, 9.17) is 0 Å². The fourth-order valence-electron chi connectivity index (χ4n) is 2.06. The fraction of sp³-hybridized carbons (Fsp3) is 0.417. The van der Waals surface area contributed by atoms with Crippen LogP contribution in [0.3, 0.4) is 0 Å². The second kappa shape index (κ2) is 7.06. The van der Waals surface area contributed by atoms with Crippen molar-refractivity contribution in [2.45, 2.75) is 6.42 Å². The molecule has 21 heavy (non-hydrogen) atoms. The van der Waals surface area contributed by atoms with E-state index < -0.39 is 15.8 Å². The Morgan fingerprint density at radius 1 is 1.43 bits per heavy atom. The first kappa shape index (κ1) is 17.7. The van der Waals surface area contributed by atoms with E-state index in [2.05, 4.69) is 10.6 Å². The van der Waals surface area contributed by atoms with Gasteiger partial charge in [-0.05, 0) is 31.7 Å². The first-order valence-electron chi connectivity index (χ1n) is 6.18. The molecule has 0 saturated carbocycles. The van der Waals surface area contributed by atoms with Crippen LogP contribution in [-0.2, 0) is 14.8 Å². The molecule has 9 heteroatoms. The maximum Gasteiger partial charge on any atom is 0.238 e. The number of nitrogens with one attached hydrogen (secondary N) is 2. The highest BCUT2D eigenvalue weighted by Gasteiger charge is 2.30.